The molecule has 0 heterocycles. The van der Waals surface area contributed by atoms with E-state index in [1.165, 1.54) is 0 Å². The average molecular weight is 224 g/mol. The van der Waals surface area contributed by atoms with Crippen molar-refractivity contribution in [2.45, 2.75) is 12.9 Å². The van der Waals surface area contributed by atoms with Crippen molar-refractivity contribution in [1.29, 1.82) is 0 Å². The number of hydrogen-bond acceptors (Lipinski definition) is 3. The second-order valence-electron chi connectivity index (χ2n) is 2.68. The van der Waals surface area contributed by atoms with Gasteiger partial charge in [0.15, 0.2) is 0 Å². The predicted molar refractivity (Wildman–Crippen MR) is 44.1 cm³/mol. The lowest BCUT2D eigenvalue weighted by atomic mass is 10.2. The molecule has 0 spiro atoms. The average Bonchev–Trinajstić information content (AvgIpc) is 2.09. The highest BCUT2D eigenvalue weighted by Crippen LogP contribution is 2.24. The quantitative estimate of drug-likeness (QED) is 0.466. The summed E-state index contributed by atoms with van der Waals surface area (Å²) in [5, 5.41) is 0. The Kier molecular flexibility index (Phi) is 3.48. The van der Waals surface area contributed by atoms with Crippen molar-refractivity contribution in [1.82, 2.24) is 5.43 Å². The Morgan fingerprint density at radius 1 is 1.33 bits per heavy atom. The van der Waals surface area contributed by atoms with Crippen LogP contribution in [0.5, 0.6) is 5.75 Å². The summed E-state index contributed by atoms with van der Waals surface area (Å²) in [6.45, 7) is -0.0824. The first-order chi connectivity index (χ1) is 6.92. The van der Waals surface area contributed by atoms with Gasteiger partial charge in [0.1, 0.15) is 11.6 Å². The number of rotatable bonds is 3. The first kappa shape index (κ1) is 11.7. The fourth-order valence-corrected chi connectivity index (χ4v) is 0.994. The Bertz CT molecular complexity index is 340. The van der Waals surface area contributed by atoms with Crippen LogP contribution in [-0.4, -0.2) is 6.36 Å². The second kappa shape index (κ2) is 4.45. The molecule has 1 aromatic rings. The van der Waals surface area contributed by atoms with Crippen LogP contribution in [0.15, 0.2) is 18.2 Å². The minimum absolute atomic E-state index is 0.000694. The van der Waals surface area contributed by atoms with Gasteiger partial charge in [0.25, 0.3) is 0 Å². The van der Waals surface area contributed by atoms with Crippen LogP contribution in [0, 0.1) is 5.82 Å². The lowest BCUT2D eigenvalue weighted by molar-refractivity contribution is -0.274. The van der Waals surface area contributed by atoms with E-state index < -0.39 is 17.9 Å². The SMILES string of the molecule is NNCc1cc(OC(F)(F)F)ccc1F. The number of nitrogens with one attached hydrogen (secondary N) is 1. The van der Waals surface area contributed by atoms with Crippen molar-refractivity contribution < 1.29 is 22.3 Å². The number of halogens is 4. The summed E-state index contributed by atoms with van der Waals surface area (Å²) in [5.41, 5.74) is 2.14. The highest BCUT2D eigenvalue weighted by atomic mass is 19.4. The van der Waals surface area contributed by atoms with Gasteiger partial charge < -0.3 is 4.74 Å². The summed E-state index contributed by atoms with van der Waals surface area (Å²) in [7, 11) is 0. The molecule has 0 atom stereocenters. The van der Waals surface area contributed by atoms with Gasteiger partial charge in [0.05, 0.1) is 0 Å². The van der Waals surface area contributed by atoms with Crippen LogP contribution in [-0.2, 0) is 6.54 Å². The molecule has 0 radical (unpaired) electrons. The zero-order chi connectivity index (χ0) is 11.5. The minimum Gasteiger partial charge on any atom is -0.406 e. The Morgan fingerprint density at radius 3 is 2.53 bits per heavy atom. The fourth-order valence-electron chi connectivity index (χ4n) is 0.994. The number of hydrogen-bond donors (Lipinski definition) is 2. The van der Waals surface area contributed by atoms with Crippen LogP contribution in [0.25, 0.3) is 0 Å². The summed E-state index contributed by atoms with van der Waals surface area (Å²) in [6.07, 6.45) is -4.79. The van der Waals surface area contributed by atoms with Crippen LogP contribution >= 0.6 is 0 Å². The molecule has 15 heavy (non-hydrogen) atoms. The van der Waals surface area contributed by atoms with Crippen molar-refractivity contribution in [3.8, 4) is 5.75 Å². The first-order valence-electron chi connectivity index (χ1n) is 3.90. The minimum atomic E-state index is -4.79. The van der Waals surface area contributed by atoms with E-state index in [4.69, 9.17) is 5.84 Å². The van der Waals surface area contributed by atoms with Gasteiger partial charge in [-0.25, -0.2) is 4.39 Å². The Labute approximate surface area is 82.8 Å². The van der Waals surface area contributed by atoms with E-state index in [-0.39, 0.29) is 12.1 Å². The van der Waals surface area contributed by atoms with Gasteiger partial charge in [-0.3, -0.25) is 11.3 Å². The maximum atomic E-state index is 13.0. The summed E-state index contributed by atoms with van der Waals surface area (Å²) in [4.78, 5) is 0. The van der Waals surface area contributed by atoms with Crippen molar-refractivity contribution >= 4 is 0 Å². The summed E-state index contributed by atoms with van der Waals surface area (Å²) in [6, 6.07) is 2.71. The monoisotopic (exact) mass is 224 g/mol. The smallest absolute Gasteiger partial charge is 0.406 e. The second-order valence-corrected chi connectivity index (χ2v) is 2.68. The number of benzene rings is 1. The van der Waals surface area contributed by atoms with Crippen LogP contribution < -0.4 is 16.0 Å². The standard InChI is InChI=1S/C8H8F4N2O/c9-7-2-1-6(15-8(10,11)12)3-5(7)4-14-13/h1-3,14H,4,13H2. The molecule has 84 valence electrons. The molecule has 0 aromatic heterocycles. The molecule has 0 amide bonds. The highest BCUT2D eigenvalue weighted by molar-refractivity contribution is 5.29. The molecular formula is C8H8F4N2O. The molecule has 0 aliphatic rings. The Hall–Kier alpha value is -1.34. The van der Waals surface area contributed by atoms with Crippen LogP contribution in [0.2, 0.25) is 0 Å². The number of hydrazine groups is 1. The molecule has 0 saturated heterocycles. The van der Waals surface area contributed by atoms with E-state index in [1.807, 2.05) is 0 Å². The summed E-state index contributed by atoms with van der Waals surface area (Å²) in [5.74, 6) is 3.80. The third-order valence-electron chi connectivity index (χ3n) is 1.54. The third-order valence-corrected chi connectivity index (χ3v) is 1.54. The van der Waals surface area contributed by atoms with Gasteiger partial charge in [-0.15, -0.1) is 13.2 Å². The van der Waals surface area contributed by atoms with Crippen LogP contribution in [0.1, 0.15) is 5.56 Å². The molecule has 3 N–H and O–H groups in total. The maximum Gasteiger partial charge on any atom is 0.573 e. The van der Waals surface area contributed by atoms with Gasteiger partial charge in [-0.1, -0.05) is 0 Å². The number of nitrogens with two attached hydrogens (primary N) is 1. The number of ether oxygens (including phenoxy) is 1. The van der Waals surface area contributed by atoms with Crippen LogP contribution in [0.3, 0.4) is 0 Å². The lowest BCUT2D eigenvalue weighted by Gasteiger charge is -2.10. The zero-order valence-electron chi connectivity index (χ0n) is 7.44. The fraction of sp³-hybridized carbons (Fsp3) is 0.250. The number of alkyl halides is 3. The third kappa shape index (κ3) is 3.72. The molecule has 0 unspecified atom stereocenters. The molecular weight excluding hydrogens is 216 g/mol. The van der Waals surface area contributed by atoms with Crippen molar-refractivity contribution in [3.05, 3.63) is 29.6 Å². The van der Waals surface area contributed by atoms with E-state index in [0.29, 0.717) is 0 Å². The molecule has 0 bridgehead atoms. The van der Waals surface area contributed by atoms with Crippen molar-refractivity contribution in [2.75, 3.05) is 0 Å². The normalized spacial score (nSPS) is 11.5. The predicted octanol–water partition coefficient (Wildman–Crippen LogP) is 1.69. The highest BCUT2D eigenvalue weighted by Gasteiger charge is 2.31. The summed E-state index contributed by atoms with van der Waals surface area (Å²) < 4.78 is 52.0. The van der Waals surface area contributed by atoms with E-state index in [0.717, 1.165) is 18.2 Å². The lowest BCUT2D eigenvalue weighted by Crippen LogP contribution is -2.22. The molecule has 1 rings (SSSR count). The molecule has 0 saturated carbocycles. The molecule has 7 heteroatoms. The first-order valence-corrected chi connectivity index (χ1v) is 3.90. The topological polar surface area (TPSA) is 47.3 Å². The Balaban J connectivity index is 2.87. The Morgan fingerprint density at radius 2 is 2.00 bits per heavy atom. The van der Waals surface area contributed by atoms with E-state index in [1.54, 1.807) is 0 Å². The zero-order valence-corrected chi connectivity index (χ0v) is 7.44. The van der Waals surface area contributed by atoms with E-state index in [2.05, 4.69) is 10.2 Å². The molecule has 1 aromatic carbocycles. The van der Waals surface area contributed by atoms with Gasteiger partial charge in [-0.2, -0.15) is 0 Å². The summed E-state index contributed by atoms with van der Waals surface area (Å²) >= 11 is 0. The van der Waals surface area contributed by atoms with Crippen molar-refractivity contribution in [2.24, 2.45) is 5.84 Å². The van der Waals surface area contributed by atoms with Gasteiger partial charge in [-0.05, 0) is 18.2 Å². The van der Waals surface area contributed by atoms with Crippen molar-refractivity contribution in [3.63, 3.8) is 0 Å². The van der Waals surface area contributed by atoms with E-state index in [9.17, 15) is 17.6 Å². The van der Waals surface area contributed by atoms with Gasteiger partial charge in [0.2, 0.25) is 0 Å². The maximum absolute atomic E-state index is 13.0. The molecule has 0 fully saturated rings. The molecule has 0 aliphatic heterocycles. The van der Waals surface area contributed by atoms with Crippen LogP contribution in [0.4, 0.5) is 17.6 Å². The van der Waals surface area contributed by atoms with E-state index >= 15 is 0 Å². The largest absolute Gasteiger partial charge is 0.573 e. The van der Waals surface area contributed by atoms with Gasteiger partial charge >= 0.3 is 6.36 Å². The molecule has 3 nitrogen and oxygen atoms in total. The molecule has 0 aliphatic carbocycles. The van der Waals surface area contributed by atoms with Gasteiger partial charge in [0, 0.05) is 12.1 Å².